The molecule has 0 aromatic heterocycles. The fourth-order valence-electron chi connectivity index (χ4n) is 2.26. The summed E-state index contributed by atoms with van der Waals surface area (Å²) in [6, 6.07) is 17.2. The molecule has 0 aliphatic heterocycles. The summed E-state index contributed by atoms with van der Waals surface area (Å²) in [4.78, 5) is 2.45. The number of halogens is 1. The SMILES string of the molecule is COc1ccc(Br)c(CN(Cc2ccccc2)C(C)C)c1. The second kappa shape index (κ2) is 7.62. The molecule has 112 valence electrons. The molecule has 2 aromatic rings. The lowest BCUT2D eigenvalue weighted by Crippen LogP contribution is -2.30. The van der Waals surface area contributed by atoms with Crippen molar-refractivity contribution in [2.24, 2.45) is 0 Å². The van der Waals surface area contributed by atoms with Gasteiger partial charge in [0.1, 0.15) is 5.75 Å². The number of methoxy groups -OCH3 is 1. The molecule has 0 heterocycles. The third kappa shape index (κ3) is 4.58. The van der Waals surface area contributed by atoms with Crippen molar-refractivity contribution in [1.82, 2.24) is 4.90 Å². The van der Waals surface area contributed by atoms with E-state index in [1.54, 1.807) is 7.11 Å². The van der Waals surface area contributed by atoms with Crippen molar-refractivity contribution in [2.45, 2.75) is 33.0 Å². The highest BCUT2D eigenvalue weighted by molar-refractivity contribution is 9.10. The molecule has 2 rings (SSSR count). The van der Waals surface area contributed by atoms with Crippen LogP contribution in [0.4, 0.5) is 0 Å². The standard InChI is InChI=1S/C18H22BrNO/c1-14(2)20(12-15-7-5-4-6-8-15)13-16-11-17(21-3)9-10-18(16)19/h4-11,14H,12-13H2,1-3H3. The smallest absolute Gasteiger partial charge is 0.119 e. The summed E-state index contributed by atoms with van der Waals surface area (Å²) in [5, 5.41) is 0. The molecule has 0 N–H and O–H groups in total. The predicted octanol–water partition coefficient (Wildman–Crippen LogP) is 4.87. The van der Waals surface area contributed by atoms with Crippen LogP contribution >= 0.6 is 15.9 Å². The van der Waals surface area contributed by atoms with Crippen LogP contribution < -0.4 is 4.74 Å². The second-order valence-corrected chi connectivity index (χ2v) is 6.30. The van der Waals surface area contributed by atoms with E-state index in [0.717, 1.165) is 23.3 Å². The molecule has 2 nitrogen and oxygen atoms in total. The molecule has 0 saturated carbocycles. The number of hydrogen-bond acceptors (Lipinski definition) is 2. The fraction of sp³-hybridized carbons (Fsp3) is 0.333. The monoisotopic (exact) mass is 347 g/mol. The van der Waals surface area contributed by atoms with Crippen LogP contribution in [0, 0.1) is 0 Å². The molecule has 0 fully saturated rings. The van der Waals surface area contributed by atoms with Gasteiger partial charge in [-0.3, -0.25) is 4.90 Å². The van der Waals surface area contributed by atoms with E-state index in [9.17, 15) is 0 Å². The summed E-state index contributed by atoms with van der Waals surface area (Å²) in [5.74, 6) is 0.900. The number of rotatable bonds is 6. The fourth-order valence-corrected chi connectivity index (χ4v) is 2.63. The van der Waals surface area contributed by atoms with Crippen molar-refractivity contribution in [3.05, 3.63) is 64.1 Å². The van der Waals surface area contributed by atoms with E-state index in [2.05, 4.69) is 77.1 Å². The average Bonchev–Trinajstić information content (AvgIpc) is 2.49. The van der Waals surface area contributed by atoms with Gasteiger partial charge in [-0.2, -0.15) is 0 Å². The normalized spacial score (nSPS) is 11.1. The minimum atomic E-state index is 0.475. The van der Waals surface area contributed by atoms with Gasteiger partial charge in [0.2, 0.25) is 0 Å². The molecule has 21 heavy (non-hydrogen) atoms. The third-order valence-electron chi connectivity index (χ3n) is 3.59. The van der Waals surface area contributed by atoms with Crippen molar-refractivity contribution in [1.29, 1.82) is 0 Å². The predicted molar refractivity (Wildman–Crippen MR) is 91.5 cm³/mol. The second-order valence-electron chi connectivity index (χ2n) is 5.44. The van der Waals surface area contributed by atoms with Gasteiger partial charge < -0.3 is 4.74 Å². The van der Waals surface area contributed by atoms with Crippen molar-refractivity contribution in [2.75, 3.05) is 7.11 Å². The minimum Gasteiger partial charge on any atom is -0.497 e. The van der Waals surface area contributed by atoms with Crippen LogP contribution in [0.2, 0.25) is 0 Å². The molecule has 3 heteroatoms. The number of hydrogen-bond donors (Lipinski definition) is 0. The first-order valence-electron chi connectivity index (χ1n) is 7.20. The van der Waals surface area contributed by atoms with E-state index in [4.69, 9.17) is 4.74 Å². The molecule has 0 spiro atoms. The summed E-state index contributed by atoms with van der Waals surface area (Å²) in [6.45, 7) is 6.31. The summed E-state index contributed by atoms with van der Waals surface area (Å²) in [6.07, 6.45) is 0. The van der Waals surface area contributed by atoms with Gasteiger partial charge in [-0.25, -0.2) is 0 Å². The van der Waals surface area contributed by atoms with Crippen molar-refractivity contribution >= 4 is 15.9 Å². The Bertz CT molecular complexity index is 569. The zero-order valence-electron chi connectivity index (χ0n) is 12.8. The van der Waals surface area contributed by atoms with E-state index < -0.39 is 0 Å². The molecule has 0 unspecified atom stereocenters. The van der Waals surface area contributed by atoms with Gasteiger partial charge in [0.15, 0.2) is 0 Å². The number of nitrogens with zero attached hydrogens (tertiary/aromatic N) is 1. The molecule has 0 amide bonds. The summed E-state index contributed by atoms with van der Waals surface area (Å²) in [5.41, 5.74) is 2.59. The van der Waals surface area contributed by atoms with E-state index in [1.165, 1.54) is 11.1 Å². The summed E-state index contributed by atoms with van der Waals surface area (Å²) >= 11 is 3.64. The molecule has 0 aliphatic rings. The molecular weight excluding hydrogens is 326 g/mol. The molecular formula is C18H22BrNO. The highest BCUT2D eigenvalue weighted by Crippen LogP contribution is 2.25. The Balaban J connectivity index is 2.16. The molecule has 0 bridgehead atoms. The van der Waals surface area contributed by atoms with Gasteiger partial charge in [-0.05, 0) is 43.2 Å². The Kier molecular flexibility index (Phi) is 5.83. The molecule has 2 aromatic carbocycles. The number of benzene rings is 2. The lowest BCUT2D eigenvalue weighted by Gasteiger charge is -2.27. The lowest BCUT2D eigenvalue weighted by molar-refractivity contribution is 0.203. The lowest BCUT2D eigenvalue weighted by atomic mass is 10.1. The number of ether oxygens (including phenoxy) is 1. The van der Waals surface area contributed by atoms with Gasteiger partial charge in [0, 0.05) is 23.6 Å². The quantitative estimate of drug-likeness (QED) is 0.739. The summed E-state index contributed by atoms with van der Waals surface area (Å²) in [7, 11) is 1.71. The van der Waals surface area contributed by atoms with Crippen LogP contribution in [0.3, 0.4) is 0 Å². The van der Waals surface area contributed by atoms with Crippen LogP contribution in [0.15, 0.2) is 53.0 Å². The highest BCUT2D eigenvalue weighted by Gasteiger charge is 2.13. The first-order chi connectivity index (χ1) is 10.1. The van der Waals surface area contributed by atoms with Gasteiger partial charge in [0.25, 0.3) is 0 Å². The zero-order valence-corrected chi connectivity index (χ0v) is 14.4. The molecule has 0 radical (unpaired) electrons. The van der Waals surface area contributed by atoms with Crippen LogP contribution in [-0.4, -0.2) is 18.1 Å². The van der Waals surface area contributed by atoms with Crippen LogP contribution in [0.25, 0.3) is 0 Å². The maximum absolute atomic E-state index is 5.33. The van der Waals surface area contributed by atoms with E-state index in [1.807, 2.05) is 6.07 Å². The van der Waals surface area contributed by atoms with E-state index >= 15 is 0 Å². The topological polar surface area (TPSA) is 12.5 Å². The Hall–Kier alpha value is -1.32. The van der Waals surface area contributed by atoms with Gasteiger partial charge in [-0.15, -0.1) is 0 Å². The average molecular weight is 348 g/mol. The van der Waals surface area contributed by atoms with Gasteiger partial charge >= 0.3 is 0 Å². The van der Waals surface area contributed by atoms with E-state index in [-0.39, 0.29) is 0 Å². The van der Waals surface area contributed by atoms with Crippen molar-refractivity contribution in [3.8, 4) is 5.75 Å². The third-order valence-corrected chi connectivity index (χ3v) is 4.36. The van der Waals surface area contributed by atoms with Gasteiger partial charge in [-0.1, -0.05) is 46.3 Å². The largest absolute Gasteiger partial charge is 0.497 e. The Morgan fingerprint density at radius 1 is 1.05 bits per heavy atom. The van der Waals surface area contributed by atoms with Crippen LogP contribution in [0.5, 0.6) is 5.75 Å². The molecule has 0 saturated heterocycles. The maximum Gasteiger partial charge on any atom is 0.119 e. The maximum atomic E-state index is 5.33. The Labute approximate surface area is 135 Å². The first-order valence-corrected chi connectivity index (χ1v) is 8.00. The van der Waals surface area contributed by atoms with Crippen LogP contribution in [0.1, 0.15) is 25.0 Å². The van der Waals surface area contributed by atoms with Gasteiger partial charge in [0.05, 0.1) is 7.11 Å². The first kappa shape index (κ1) is 16.1. The van der Waals surface area contributed by atoms with Crippen LogP contribution in [-0.2, 0) is 13.1 Å². The van der Waals surface area contributed by atoms with E-state index in [0.29, 0.717) is 6.04 Å². The summed E-state index contributed by atoms with van der Waals surface area (Å²) < 4.78 is 6.46. The van der Waals surface area contributed by atoms with Crippen molar-refractivity contribution < 1.29 is 4.74 Å². The Morgan fingerprint density at radius 2 is 1.76 bits per heavy atom. The molecule has 0 aliphatic carbocycles. The zero-order chi connectivity index (χ0) is 15.2. The van der Waals surface area contributed by atoms with Crippen molar-refractivity contribution in [3.63, 3.8) is 0 Å². The Morgan fingerprint density at radius 3 is 2.38 bits per heavy atom. The molecule has 0 atom stereocenters. The minimum absolute atomic E-state index is 0.475. The highest BCUT2D eigenvalue weighted by atomic mass is 79.9.